The Morgan fingerprint density at radius 2 is 2.04 bits per heavy atom. The number of hydrogen-bond acceptors (Lipinski definition) is 4. The minimum Gasteiger partial charge on any atom is -0.480 e. The molecule has 2 atom stereocenters. The number of carbonyl (C=O) groups excluding carboxylic acids is 2. The van der Waals surface area contributed by atoms with Gasteiger partial charge in [-0.25, -0.2) is 0 Å². The van der Waals surface area contributed by atoms with Crippen LogP contribution in [0.25, 0.3) is 0 Å². The van der Waals surface area contributed by atoms with E-state index in [1.165, 1.54) is 34.6 Å². The molecule has 0 fully saturated rings. The lowest BCUT2D eigenvalue weighted by Gasteiger charge is -2.19. The van der Waals surface area contributed by atoms with E-state index in [1.54, 1.807) is 0 Å². The SMILES string of the molecule is CC[C@@H]1CCc2sc(C(=O)NNC(=O)[C@H]3Cc4ccccc4O3)cc2C1. The Hall–Kier alpha value is -2.34. The van der Waals surface area contributed by atoms with E-state index < -0.39 is 6.10 Å². The third kappa shape index (κ3) is 3.33. The minimum atomic E-state index is -0.602. The molecule has 5 nitrogen and oxygen atoms in total. The molecule has 0 saturated carbocycles. The average molecular weight is 370 g/mol. The van der Waals surface area contributed by atoms with Crippen molar-refractivity contribution in [3.05, 3.63) is 51.2 Å². The van der Waals surface area contributed by atoms with Crippen LogP contribution in [0.1, 0.15) is 45.4 Å². The van der Waals surface area contributed by atoms with Crippen molar-refractivity contribution in [3.8, 4) is 5.75 Å². The van der Waals surface area contributed by atoms with Gasteiger partial charge in [0.2, 0.25) is 0 Å². The molecule has 4 rings (SSSR count). The molecule has 1 aliphatic heterocycles. The quantitative estimate of drug-likeness (QED) is 0.816. The largest absolute Gasteiger partial charge is 0.480 e. The number of hydrazine groups is 1. The predicted octanol–water partition coefficient (Wildman–Crippen LogP) is 3.03. The Labute approximate surface area is 156 Å². The molecule has 26 heavy (non-hydrogen) atoms. The zero-order chi connectivity index (χ0) is 18.1. The summed E-state index contributed by atoms with van der Waals surface area (Å²) in [7, 11) is 0. The number of fused-ring (bicyclic) bond motifs is 2. The van der Waals surface area contributed by atoms with Gasteiger partial charge in [0.05, 0.1) is 4.88 Å². The Balaban J connectivity index is 1.33. The molecule has 136 valence electrons. The predicted molar refractivity (Wildman–Crippen MR) is 100 cm³/mol. The summed E-state index contributed by atoms with van der Waals surface area (Å²) in [6.45, 7) is 2.22. The number of amides is 2. The number of aryl methyl sites for hydroxylation is 1. The maximum Gasteiger partial charge on any atom is 0.279 e. The molecule has 1 aliphatic carbocycles. The van der Waals surface area contributed by atoms with Crippen molar-refractivity contribution >= 4 is 23.2 Å². The molecule has 1 aromatic carbocycles. The number of para-hydroxylation sites is 1. The molecule has 0 unspecified atom stereocenters. The van der Waals surface area contributed by atoms with Crippen molar-refractivity contribution in [2.75, 3.05) is 0 Å². The molecular formula is C20H22N2O3S. The van der Waals surface area contributed by atoms with Gasteiger partial charge in [0.25, 0.3) is 11.8 Å². The first-order chi connectivity index (χ1) is 12.6. The van der Waals surface area contributed by atoms with Gasteiger partial charge in [-0.2, -0.15) is 0 Å². The molecule has 1 aromatic heterocycles. The fraction of sp³-hybridized carbons (Fsp3) is 0.400. The van der Waals surface area contributed by atoms with E-state index in [1.807, 2.05) is 30.3 Å². The summed E-state index contributed by atoms with van der Waals surface area (Å²) in [6.07, 6.45) is 4.39. The molecule has 2 N–H and O–H groups in total. The minimum absolute atomic E-state index is 0.263. The van der Waals surface area contributed by atoms with Crippen molar-refractivity contribution < 1.29 is 14.3 Å². The van der Waals surface area contributed by atoms with Gasteiger partial charge < -0.3 is 4.74 Å². The van der Waals surface area contributed by atoms with E-state index in [2.05, 4.69) is 17.8 Å². The smallest absolute Gasteiger partial charge is 0.279 e. The number of rotatable bonds is 3. The number of ether oxygens (including phenoxy) is 1. The third-order valence-electron chi connectivity index (χ3n) is 5.22. The molecule has 2 heterocycles. The van der Waals surface area contributed by atoms with Crippen LogP contribution in [0.5, 0.6) is 5.75 Å². The normalized spacial score (nSPS) is 20.7. The first-order valence-corrected chi connectivity index (χ1v) is 9.92. The second kappa shape index (κ2) is 7.11. The number of thiophene rings is 1. The molecule has 0 saturated heterocycles. The molecule has 2 aromatic rings. The second-order valence-electron chi connectivity index (χ2n) is 6.94. The standard InChI is InChI=1S/C20H22N2O3S/c1-2-12-7-8-17-14(9-12)11-18(26-17)20(24)22-21-19(23)16-10-13-5-3-4-6-15(13)25-16/h3-6,11-12,16H,2,7-10H2,1H3,(H,21,23)(H,22,24)/t12-,16-/m1/s1. The van der Waals surface area contributed by atoms with Crippen molar-refractivity contribution in [3.63, 3.8) is 0 Å². The number of nitrogens with one attached hydrogen (secondary N) is 2. The van der Waals surface area contributed by atoms with E-state index in [4.69, 9.17) is 4.74 Å². The van der Waals surface area contributed by atoms with Gasteiger partial charge in [-0.15, -0.1) is 11.3 Å². The highest BCUT2D eigenvalue weighted by Gasteiger charge is 2.29. The highest BCUT2D eigenvalue weighted by molar-refractivity contribution is 7.14. The number of carbonyl (C=O) groups is 2. The average Bonchev–Trinajstić information content (AvgIpc) is 3.28. The number of benzene rings is 1. The first-order valence-electron chi connectivity index (χ1n) is 9.10. The zero-order valence-electron chi connectivity index (χ0n) is 14.7. The van der Waals surface area contributed by atoms with Gasteiger partial charge in [-0.3, -0.25) is 20.4 Å². The first kappa shape index (κ1) is 17.1. The molecule has 0 radical (unpaired) electrons. The fourth-order valence-corrected chi connectivity index (χ4v) is 4.75. The van der Waals surface area contributed by atoms with E-state index in [0.29, 0.717) is 17.2 Å². The summed E-state index contributed by atoms with van der Waals surface area (Å²) in [5.74, 6) is 0.854. The van der Waals surface area contributed by atoms with Crippen LogP contribution in [0.2, 0.25) is 0 Å². The van der Waals surface area contributed by atoms with Gasteiger partial charge in [-0.05, 0) is 48.4 Å². The molecule has 2 amide bonds. The number of hydrogen-bond donors (Lipinski definition) is 2. The van der Waals surface area contributed by atoms with Crippen molar-refractivity contribution in [2.45, 2.75) is 45.1 Å². The van der Waals surface area contributed by atoms with Gasteiger partial charge in [0.1, 0.15) is 5.75 Å². The van der Waals surface area contributed by atoms with Crippen LogP contribution in [-0.2, 0) is 24.1 Å². The highest BCUT2D eigenvalue weighted by atomic mass is 32.1. The Morgan fingerprint density at radius 1 is 1.19 bits per heavy atom. The van der Waals surface area contributed by atoms with Gasteiger partial charge in [0, 0.05) is 11.3 Å². The molecular weight excluding hydrogens is 348 g/mol. The van der Waals surface area contributed by atoms with Crippen molar-refractivity contribution in [1.82, 2.24) is 10.9 Å². The summed E-state index contributed by atoms with van der Waals surface area (Å²) in [6, 6.07) is 9.57. The lowest BCUT2D eigenvalue weighted by molar-refractivity contribution is -0.128. The molecule has 0 spiro atoms. The third-order valence-corrected chi connectivity index (χ3v) is 6.46. The van der Waals surface area contributed by atoms with Crippen LogP contribution >= 0.6 is 11.3 Å². The maximum absolute atomic E-state index is 12.4. The Morgan fingerprint density at radius 3 is 2.85 bits per heavy atom. The van der Waals surface area contributed by atoms with Crippen LogP contribution in [-0.4, -0.2) is 17.9 Å². The van der Waals surface area contributed by atoms with Crippen LogP contribution in [0, 0.1) is 5.92 Å². The summed E-state index contributed by atoms with van der Waals surface area (Å²) < 4.78 is 5.64. The summed E-state index contributed by atoms with van der Waals surface area (Å²) in [5, 5.41) is 0. The highest BCUT2D eigenvalue weighted by Crippen LogP contribution is 2.33. The monoisotopic (exact) mass is 370 g/mol. The molecule has 2 aliphatic rings. The van der Waals surface area contributed by atoms with Gasteiger partial charge in [0.15, 0.2) is 6.10 Å². The van der Waals surface area contributed by atoms with Crippen LogP contribution < -0.4 is 15.6 Å². The summed E-state index contributed by atoms with van der Waals surface area (Å²) in [5.41, 5.74) is 7.33. The fourth-order valence-electron chi connectivity index (χ4n) is 3.65. The Bertz CT molecular complexity index is 820. The molecule has 6 heteroatoms. The van der Waals surface area contributed by atoms with Crippen LogP contribution in [0.3, 0.4) is 0 Å². The lowest BCUT2D eigenvalue weighted by atomic mass is 9.87. The van der Waals surface area contributed by atoms with Crippen molar-refractivity contribution in [2.24, 2.45) is 5.92 Å². The lowest BCUT2D eigenvalue weighted by Crippen LogP contribution is -2.47. The maximum atomic E-state index is 12.4. The van der Waals surface area contributed by atoms with Gasteiger partial charge in [-0.1, -0.05) is 31.5 Å². The van der Waals surface area contributed by atoms with Crippen molar-refractivity contribution in [1.29, 1.82) is 0 Å². The Kier molecular flexibility index (Phi) is 4.68. The van der Waals surface area contributed by atoms with E-state index >= 15 is 0 Å². The summed E-state index contributed by atoms with van der Waals surface area (Å²) >= 11 is 1.54. The van der Waals surface area contributed by atoms with E-state index in [0.717, 1.165) is 24.2 Å². The zero-order valence-corrected chi connectivity index (χ0v) is 15.5. The van der Waals surface area contributed by atoms with Gasteiger partial charge >= 0.3 is 0 Å². The topological polar surface area (TPSA) is 67.4 Å². The summed E-state index contributed by atoms with van der Waals surface area (Å²) in [4.78, 5) is 26.6. The molecule has 0 bridgehead atoms. The van der Waals surface area contributed by atoms with E-state index in [9.17, 15) is 9.59 Å². The van der Waals surface area contributed by atoms with Crippen LogP contribution in [0.15, 0.2) is 30.3 Å². The second-order valence-corrected chi connectivity index (χ2v) is 8.07. The van der Waals surface area contributed by atoms with Crippen LogP contribution in [0.4, 0.5) is 0 Å². The van der Waals surface area contributed by atoms with E-state index in [-0.39, 0.29) is 11.8 Å².